The van der Waals surface area contributed by atoms with Crippen LogP contribution in [0.15, 0.2) is 12.3 Å². The van der Waals surface area contributed by atoms with Crippen molar-refractivity contribution >= 4 is 17.4 Å². The quantitative estimate of drug-likeness (QED) is 0.513. The van der Waals surface area contributed by atoms with Gasteiger partial charge < -0.3 is 0 Å². The van der Waals surface area contributed by atoms with Gasteiger partial charge in [0.25, 0.3) is 0 Å². The molecule has 2 N–H and O–H groups in total. The van der Waals surface area contributed by atoms with Crippen molar-refractivity contribution in [3.63, 3.8) is 0 Å². The van der Waals surface area contributed by atoms with Crippen molar-refractivity contribution in [2.75, 3.05) is 12.1 Å². The molecular weight excluding hydrogens is 162 g/mol. The molecule has 3 nitrogen and oxygen atoms in total. The molecule has 60 valence electrons. The smallest absolute Gasteiger partial charge is 0.145 e. The first kappa shape index (κ1) is 8.30. The normalized spacial score (nSPS) is 9.82. The highest BCUT2D eigenvalue weighted by Crippen LogP contribution is 2.16. The second kappa shape index (κ2) is 3.07. The highest BCUT2D eigenvalue weighted by molar-refractivity contribution is 6.30. The zero-order valence-corrected chi connectivity index (χ0v) is 7.26. The molecule has 0 atom stereocenters. The van der Waals surface area contributed by atoms with E-state index < -0.39 is 0 Å². The standard InChI is InChI=1S/C7H10ClN3/c1-5-3-6(8)4-10-7(5)11(2)9/h3-4H,9H2,1-2H3. The third kappa shape index (κ3) is 1.82. The zero-order valence-electron chi connectivity index (χ0n) is 6.50. The molecule has 0 bridgehead atoms. The second-order valence-corrected chi connectivity index (χ2v) is 2.84. The number of nitrogens with zero attached hydrogens (tertiary/aromatic N) is 2. The number of hydrogen-bond acceptors (Lipinski definition) is 3. The van der Waals surface area contributed by atoms with Gasteiger partial charge in [-0.25, -0.2) is 10.8 Å². The maximum absolute atomic E-state index is 5.70. The summed E-state index contributed by atoms with van der Waals surface area (Å²) in [5.74, 6) is 6.24. The number of hydrogen-bond donors (Lipinski definition) is 1. The molecule has 4 heteroatoms. The summed E-state index contributed by atoms with van der Waals surface area (Å²) in [5.41, 5.74) is 0.975. The lowest BCUT2D eigenvalue weighted by Gasteiger charge is -2.12. The Morgan fingerprint density at radius 2 is 2.27 bits per heavy atom. The molecule has 0 amide bonds. The summed E-state index contributed by atoms with van der Waals surface area (Å²) in [6, 6.07) is 1.83. The van der Waals surface area contributed by atoms with Crippen LogP contribution in [0.3, 0.4) is 0 Å². The minimum atomic E-state index is 0.633. The molecule has 0 radical (unpaired) electrons. The van der Waals surface area contributed by atoms with Crippen LogP contribution in [-0.4, -0.2) is 12.0 Å². The van der Waals surface area contributed by atoms with Crippen LogP contribution in [0.1, 0.15) is 5.56 Å². The Balaban J connectivity index is 3.09. The van der Waals surface area contributed by atoms with Crippen LogP contribution < -0.4 is 10.9 Å². The van der Waals surface area contributed by atoms with Gasteiger partial charge in [0.15, 0.2) is 0 Å². The Morgan fingerprint density at radius 1 is 1.64 bits per heavy atom. The lowest BCUT2D eigenvalue weighted by molar-refractivity contribution is 0.965. The van der Waals surface area contributed by atoms with Crippen molar-refractivity contribution in [3.8, 4) is 0 Å². The van der Waals surface area contributed by atoms with Crippen LogP contribution in [0.25, 0.3) is 0 Å². The summed E-state index contributed by atoms with van der Waals surface area (Å²) in [6.45, 7) is 1.91. The first-order chi connectivity index (χ1) is 5.11. The molecule has 0 saturated heterocycles. The molecule has 0 fully saturated rings. The van der Waals surface area contributed by atoms with Crippen LogP contribution in [-0.2, 0) is 0 Å². The topological polar surface area (TPSA) is 42.2 Å². The third-order valence-electron chi connectivity index (χ3n) is 1.35. The number of nitrogens with two attached hydrogens (primary N) is 1. The Bertz CT molecular complexity index is 260. The molecule has 0 aliphatic rings. The van der Waals surface area contributed by atoms with Crippen LogP contribution in [0.4, 0.5) is 5.82 Å². The number of hydrazine groups is 1. The van der Waals surface area contributed by atoms with Gasteiger partial charge in [-0.1, -0.05) is 11.6 Å². The highest BCUT2D eigenvalue weighted by atomic mass is 35.5. The van der Waals surface area contributed by atoms with Crippen molar-refractivity contribution in [2.24, 2.45) is 5.84 Å². The van der Waals surface area contributed by atoms with Crippen LogP contribution in [0.5, 0.6) is 0 Å². The lowest BCUT2D eigenvalue weighted by atomic mass is 10.3. The highest BCUT2D eigenvalue weighted by Gasteiger charge is 2.01. The van der Waals surface area contributed by atoms with Gasteiger partial charge in [0.05, 0.1) is 5.02 Å². The Kier molecular flexibility index (Phi) is 2.31. The van der Waals surface area contributed by atoms with E-state index in [0.29, 0.717) is 5.02 Å². The second-order valence-electron chi connectivity index (χ2n) is 2.40. The predicted molar refractivity (Wildman–Crippen MR) is 46.6 cm³/mol. The average Bonchev–Trinajstić information content (AvgIpc) is 1.85. The molecule has 1 aromatic heterocycles. The first-order valence-corrected chi connectivity index (χ1v) is 3.59. The number of pyridine rings is 1. The van der Waals surface area contributed by atoms with E-state index >= 15 is 0 Å². The van der Waals surface area contributed by atoms with E-state index in [1.165, 1.54) is 5.01 Å². The predicted octanol–water partition coefficient (Wildman–Crippen LogP) is 1.35. The molecule has 0 aliphatic heterocycles. The van der Waals surface area contributed by atoms with Crippen LogP contribution in [0.2, 0.25) is 5.02 Å². The molecular formula is C7H10ClN3. The minimum absolute atomic E-state index is 0.633. The molecule has 1 aromatic rings. The van der Waals surface area contributed by atoms with Gasteiger partial charge >= 0.3 is 0 Å². The number of aryl methyl sites for hydroxylation is 1. The Hall–Kier alpha value is -0.800. The van der Waals surface area contributed by atoms with Crippen LogP contribution >= 0.6 is 11.6 Å². The van der Waals surface area contributed by atoms with Crippen LogP contribution in [0, 0.1) is 6.92 Å². The summed E-state index contributed by atoms with van der Waals surface area (Å²) < 4.78 is 0. The van der Waals surface area contributed by atoms with Gasteiger partial charge in [-0.3, -0.25) is 5.01 Å². The Morgan fingerprint density at radius 3 is 2.73 bits per heavy atom. The fraction of sp³-hybridized carbons (Fsp3) is 0.286. The molecule has 0 aromatic carbocycles. The summed E-state index contributed by atoms with van der Waals surface area (Å²) in [4.78, 5) is 4.05. The fourth-order valence-corrected chi connectivity index (χ4v) is 1.11. The van der Waals surface area contributed by atoms with Crippen molar-refractivity contribution in [1.29, 1.82) is 0 Å². The fourth-order valence-electron chi connectivity index (χ4n) is 0.903. The van der Waals surface area contributed by atoms with E-state index in [9.17, 15) is 0 Å². The monoisotopic (exact) mass is 171 g/mol. The molecule has 0 aliphatic carbocycles. The van der Waals surface area contributed by atoms with E-state index in [4.69, 9.17) is 17.4 Å². The summed E-state index contributed by atoms with van der Waals surface area (Å²) in [7, 11) is 1.74. The number of anilines is 1. The van der Waals surface area contributed by atoms with Gasteiger partial charge in [0.1, 0.15) is 5.82 Å². The van der Waals surface area contributed by atoms with Crippen molar-refractivity contribution in [1.82, 2.24) is 4.98 Å². The summed E-state index contributed by atoms with van der Waals surface area (Å²) in [6.07, 6.45) is 1.58. The minimum Gasteiger partial charge on any atom is -0.298 e. The average molecular weight is 172 g/mol. The molecule has 1 rings (SSSR count). The summed E-state index contributed by atoms with van der Waals surface area (Å²) in [5, 5.41) is 2.10. The SMILES string of the molecule is Cc1cc(Cl)cnc1N(C)N. The van der Waals surface area contributed by atoms with Gasteiger partial charge in [0.2, 0.25) is 0 Å². The van der Waals surface area contributed by atoms with Gasteiger partial charge in [-0.05, 0) is 18.6 Å². The Labute approximate surface area is 70.8 Å². The third-order valence-corrected chi connectivity index (χ3v) is 1.56. The zero-order chi connectivity index (χ0) is 8.43. The molecule has 0 unspecified atom stereocenters. The molecule has 1 heterocycles. The largest absolute Gasteiger partial charge is 0.298 e. The first-order valence-electron chi connectivity index (χ1n) is 3.22. The van der Waals surface area contributed by atoms with E-state index in [0.717, 1.165) is 11.4 Å². The van der Waals surface area contributed by atoms with Crippen molar-refractivity contribution in [2.45, 2.75) is 6.92 Å². The van der Waals surface area contributed by atoms with Crippen molar-refractivity contribution < 1.29 is 0 Å². The van der Waals surface area contributed by atoms with E-state index in [1.807, 2.05) is 13.0 Å². The van der Waals surface area contributed by atoms with Gasteiger partial charge in [-0.15, -0.1) is 0 Å². The van der Waals surface area contributed by atoms with E-state index in [1.54, 1.807) is 13.2 Å². The number of aromatic nitrogens is 1. The van der Waals surface area contributed by atoms with Gasteiger partial charge in [-0.2, -0.15) is 0 Å². The number of rotatable bonds is 1. The maximum atomic E-state index is 5.70. The maximum Gasteiger partial charge on any atom is 0.145 e. The van der Waals surface area contributed by atoms with E-state index in [-0.39, 0.29) is 0 Å². The van der Waals surface area contributed by atoms with E-state index in [2.05, 4.69) is 4.98 Å². The molecule has 0 spiro atoms. The summed E-state index contributed by atoms with van der Waals surface area (Å²) >= 11 is 5.70. The van der Waals surface area contributed by atoms with Crippen molar-refractivity contribution in [3.05, 3.63) is 22.8 Å². The van der Waals surface area contributed by atoms with Gasteiger partial charge in [0, 0.05) is 13.2 Å². The number of halogens is 1. The lowest BCUT2D eigenvalue weighted by Crippen LogP contribution is -2.26. The molecule has 11 heavy (non-hydrogen) atoms. The molecule has 0 saturated carbocycles.